The first-order valence-electron chi connectivity index (χ1n) is 5.81. The minimum absolute atomic E-state index is 0.295. The summed E-state index contributed by atoms with van der Waals surface area (Å²) in [7, 11) is 0. The van der Waals surface area contributed by atoms with E-state index in [1.54, 1.807) is 13.0 Å². The van der Waals surface area contributed by atoms with Gasteiger partial charge in [0.25, 0.3) is 0 Å². The van der Waals surface area contributed by atoms with Gasteiger partial charge in [0.05, 0.1) is 5.60 Å². The molecule has 2 aromatic carbocycles. The van der Waals surface area contributed by atoms with Crippen molar-refractivity contribution < 1.29 is 9.50 Å². The zero-order valence-corrected chi connectivity index (χ0v) is 13.5. The van der Waals surface area contributed by atoms with Crippen LogP contribution in [0.4, 0.5) is 4.39 Å². The smallest absolute Gasteiger partial charge is 0.124 e. The van der Waals surface area contributed by atoms with E-state index in [4.69, 9.17) is 0 Å². The molecule has 1 N–H and O–H groups in total. The molecule has 0 radical (unpaired) electrons. The van der Waals surface area contributed by atoms with E-state index in [0.717, 1.165) is 15.6 Å². The second kappa shape index (κ2) is 5.73. The maximum Gasteiger partial charge on any atom is 0.124 e. The van der Waals surface area contributed by atoms with Gasteiger partial charge in [-0.25, -0.2) is 4.39 Å². The van der Waals surface area contributed by atoms with Gasteiger partial charge in [-0.05, 0) is 36.2 Å². The first kappa shape index (κ1) is 14.7. The third kappa shape index (κ3) is 3.44. The van der Waals surface area contributed by atoms with Crippen LogP contribution in [0.3, 0.4) is 0 Å². The molecule has 0 fully saturated rings. The van der Waals surface area contributed by atoms with Gasteiger partial charge in [-0.3, -0.25) is 0 Å². The van der Waals surface area contributed by atoms with Crippen LogP contribution in [-0.2, 0) is 12.0 Å². The molecule has 19 heavy (non-hydrogen) atoms. The highest BCUT2D eigenvalue weighted by Gasteiger charge is 2.26. The monoisotopic (exact) mass is 386 g/mol. The maximum absolute atomic E-state index is 13.1. The van der Waals surface area contributed by atoms with E-state index < -0.39 is 5.60 Å². The second-order valence-electron chi connectivity index (χ2n) is 4.67. The summed E-state index contributed by atoms with van der Waals surface area (Å²) in [5.74, 6) is -0.295. The number of rotatable bonds is 3. The average molecular weight is 388 g/mol. The Kier molecular flexibility index (Phi) is 4.43. The molecule has 0 saturated heterocycles. The van der Waals surface area contributed by atoms with Gasteiger partial charge in [0, 0.05) is 15.4 Å². The summed E-state index contributed by atoms with van der Waals surface area (Å²) in [6, 6.07) is 12.0. The Morgan fingerprint density at radius 3 is 2.42 bits per heavy atom. The zero-order valence-electron chi connectivity index (χ0n) is 10.3. The molecule has 100 valence electrons. The Hall–Kier alpha value is -0.710. The molecule has 2 rings (SSSR count). The predicted molar refractivity (Wildman–Crippen MR) is 81.5 cm³/mol. The SMILES string of the molecule is CC(O)(Cc1ccc(F)cc1Br)c1ccccc1Br. The van der Waals surface area contributed by atoms with E-state index in [9.17, 15) is 9.50 Å². The van der Waals surface area contributed by atoms with Gasteiger partial charge in [-0.15, -0.1) is 0 Å². The standard InChI is InChI=1S/C15H13Br2FO/c1-15(19,12-4-2-3-5-13(12)16)9-10-6-7-11(18)8-14(10)17/h2-8,19H,9H2,1H3. The third-order valence-electron chi connectivity index (χ3n) is 3.00. The topological polar surface area (TPSA) is 20.2 Å². The highest BCUT2D eigenvalue weighted by Crippen LogP contribution is 2.33. The summed E-state index contributed by atoms with van der Waals surface area (Å²) < 4.78 is 14.6. The summed E-state index contributed by atoms with van der Waals surface area (Å²) in [4.78, 5) is 0. The van der Waals surface area contributed by atoms with Crippen molar-refractivity contribution in [1.82, 2.24) is 0 Å². The Balaban J connectivity index is 2.33. The molecule has 0 aliphatic carbocycles. The number of hydrogen-bond donors (Lipinski definition) is 1. The van der Waals surface area contributed by atoms with Crippen molar-refractivity contribution in [2.24, 2.45) is 0 Å². The molecule has 0 heterocycles. The van der Waals surface area contributed by atoms with Crippen LogP contribution in [0.15, 0.2) is 51.4 Å². The summed E-state index contributed by atoms with van der Waals surface area (Å²) in [5, 5.41) is 10.7. The molecule has 0 spiro atoms. The van der Waals surface area contributed by atoms with Gasteiger partial charge >= 0.3 is 0 Å². The van der Waals surface area contributed by atoms with Crippen LogP contribution in [0.1, 0.15) is 18.1 Å². The first-order chi connectivity index (χ1) is 8.90. The molecule has 1 nitrogen and oxygen atoms in total. The van der Waals surface area contributed by atoms with E-state index in [2.05, 4.69) is 31.9 Å². The number of halogens is 3. The number of hydrogen-bond acceptors (Lipinski definition) is 1. The Morgan fingerprint density at radius 2 is 1.79 bits per heavy atom. The normalized spacial score (nSPS) is 14.2. The minimum atomic E-state index is -1.03. The lowest BCUT2D eigenvalue weighted by molar-refractivity contribution is 0.0567. The van der Waals surface area contributed by atoms with Crippen LogP contribution in [0.5, 0.6) is 0 Å². The van der Waals surface area contributed by atoms with Crippen LogP contribution < -0.4 is 0 Å². The zero-order chi connectivity index (χ0) is 14.0. The molecular weight excluding hydrogens is 375 g/mol. The molecule has 0 aliphatic heterocycles. The molecule has 0 aromatic heterocycles. The van der Waals surface area contributed by atoms with E-state index in [-0.39, 0.29) is 5.82 Å². The fourth-order valence-corrected chi connectivity index (χ4v) is 3.23. The number of aliphatic hydroxyl groups is 1. The molecule has 2 aromatic rings. The van der Waals surface area contributed by atoms with Crippen molar-refractivity contribution in [3.05, 3.63) is 68.4 Å². The predicted octanol–water partition coefficient (Wildman–Crippen LogP) is 4.80. The molecule has 0 aliphatic rings. The summed E-state index contributed by atoms with van der Waals surface area (Å²) in [6.07, 6.45) is 0.399. The van der Waals surface area contributed by atoms with E-state index >= 15 is 0 Å². The van der Waals surface area contributed by atoms with Crippen LogP contribution in [-0.4, -0.2) is 5.11 Å². The van der Waals surface area contributed by atoms with Gasteiger partial charge in [-0.1, -0.05) is 56.1 Å². The lowest BCUT2D eigenvalue weighted by Crippen LogP contribution is -2.25. The second-order valence-corrected chi connectivity index (χ2v) is 6.37. The summed E-state index contributed by atoms with van der Waals surface area (Å²) >= 11 is 6.77. The first-order valence-corrected chi connectivity index (χ1v) is 7.40. The van der Waals surface area contributed by atoms with Crippen molar-refractivity contribution in [2.75, 3.05) is 0 Å². The average Bonchev–Trinajstić information content (AvgIpc) is 2.33. The highest BCUT2D eigenvalue weighted by molar-refractivity contribution is 9.10. The van der Waals surface area contributed by atoms with Crippen molar-refractivity contribution in [2.45, 2.75) is 18.9 Å². The summed E-state index contributed by atoms with van der Waals surface area (Å²) in [5.41, 5.74) is 0.647. The summed E-state index contributed by atoms with van der Waals surface area (Å²) in [6.45, 7) is 1.75. The van der Waals surface area contributed by atoms with E-state index in [1.165, 1.54) is 12.1 Å². The van der Waals surface area contributed by atoms with Gasteiger partial charge in [0.2, 0.25) is 0 Å². The lowest BCUT2D eigenvalue weighted by Gasteiger charge is -2.25. The Morgan fingerprint density at radius 1 is 1.11 bits per heavy atom. The molecule has 0 bridgehead atoms. The highest BCUT2D eigenvalue weighted by atomic mass is 79.9. The van der Waals surface area contributed by atoms with Gasteiger partial charge in [0.15, 0.2) is 0 Å². The quantitative estimate of drug-likeness (QED) is 0.801. The third-order valence-corrected chi connectivity index (χ3v) is 4.43. The molecule has 0 amide bonds. The fourth-order valence-electron chi connectivity index (χ4n) is 2.03. The molecule has 1 atom stereocenters. The molecule has 4 heteroatoms. The van der Waals surface area contributed by atoms with Gasteiger partial charge in [0.1, 0.15) is 5.82 Å². The van der Waals surface area contributed by atoms with Crippen molar-refractivity contribution in [1.29, 1.82) is 0 Å². The largest absolute Gasteiger partial charge is 0.385 e. The Bertz CT molecular complexity index is 596. The minimum Gasteiger partial charge on any atom is -0.385 e. The van der Waals surface area contributed by atoms with Crippen LogP contribution >= 0.6 is 31.9 Å². The van der Waals surface area contributed by atoms with Crippen LogP contribution in [0.25, 0.3) is 0 Å². The van der Waals surface area contributed by atoms with E-state index in [0.29, 0.717) is 10.9 Å². The number of benzene rings is 2. The fraction of sp³-hybridized carbons (Fsp3) is 0.200. The van der Waals surface area contributed by atoms with Crippen molar-refractivity contribution in [3.8, 4) is 0 Å². The van der Waals surface area contributed by atoms with Gasteiger partial charge in [-0.2, -0.15) is 0 Å². The molecule has 1 unspecified atom stereocenters. The molecule has 0 saturated carbocycles. The maximum atomic E-state index is 13.1. The van der Waals surface area contributed by atoms with Crippen molar-refractivity contribution in [3.63, 3.8) is 0 Å². The van der Waals surface area contributed by atoms with Crippen LogP contribution in [0, 0.1) is 5.82 Å². The Labute approximate surface area is 128 Å². The van der Waals surface area contributed by atoms with Crippen LogP contribution in [0.2, 0.25) is 0 Å². The van der Waals surface area contributed by atoms with Crippen molar-refractivity contribution >= 4 is 31.9 Å². The van der Waals surface area contributed by atoms with E-state index in [1.807, 2.05) is 24.3 Å². The molecular formula is C15H13Br2FO. The lowest BCUT2D eigenvalue weighted by atomic mass is 9.89. The van der Waals surface area contributed by atoms with Gasteiger partial charge < -0.3 is 5.11 Å².